The molecule has 3 nitrogen and oxygen atoms in total. The molecule has 1 aromatic carbocycles. The maximum absolute atomic E-state index is 5.87. The minimum atomic E-state index is -0.152. The number of ether oxygens (including phenoxy) is 2. The first-order valence-corrected chi connectivity index (χ1v) is 5.71. The molecule has 3 rings (SSSR count). The van der Waals surface area contributed by atoms with Crippen molar-refractivity contribution in [1.82, 2.24) is 5.32 Å². The maximum atomic E-state index is 5.87. The van der Waals surface area contributed by atoms with E-state index in [0.717, 1.165) is 31.9 Å². The van der Waals surface area contributed by atoms with Gasteiger partial charge in [-0.2, -0.15) is 0 Å². The second-order valence-electron chi connectivity index (χ2n) is 4.05. The molecule has 2 aliphatic rings. The summed E-state index contributed by atoms with van der Waals surface area (Å²) in [6.45, 7) is 2.39. The van der Waals surface area contributed by atoms with Crippen LogP contribution >= 0.6 is 0 Å². The third-order valence-corrected chi connectivity index (χ3v) is 2.94. The lowest BCUT2D eigenvalue weighted by atomic mass is 10.1. The fourth-order valence-electron chi connectivity index (χ4n) is 2.13. The molecule has 1 unspecified atom stereocenters. The lowest BCUT2D eigenvalue weighted by Crippen LogP contribution is -2.41. The van der Waals surface area contributed by atoms with E-state index in [1.165, 1.54) is 11.1 Å². The first kappa shape index (κ1) is 9.87. The Bertz CT molecular complexity index is 408. The molecule has 1 aliphatic heterocycles. The molecule has 1 aliphatic carbocycles. The molecule has 16 heavy (non-hydrogen) atoms. The molecule has 1 heterocycles. The second-order valence-corrected chi connectivity index (χ2v) is 4.05. The number of hydrogen-bond donors (Lipinski definition) is 1. The summed E-state index contributed by atoms with van der Waals surface area (Å²) in [5, 5.41) is 3.26. The third kappa shape index (κ3) is 1.84. The zero-order valence-electron chi connectivity index (χ0n) is 9.11. The highest BCUT2D eigenvalue weighted by Crippen LogP contribution is 2.29. The second kappa shape index (κ2) is 4.28. The van der Waals surface area contributed by atoms with Crippen molar-refractivity contribution < 1.29 is 9.47 Å². The quantitative estimate of drug-likeness (QED) is 0.816. The number of morpholine rings is 1. The molecule has 84 valence electrons. The van der Waals surface area contributed by atoms with Crippen LogP contribution in [0.5, 0.6) is 5.75 Å². The van der Waals surface area contributed by atoms with Crippen molar-refractivity contribution in [1.29, 1.82) is 0 Å². The summed E-state index contributed by atoms with van der Waals surface area (Å²) in [7, 11) is 0. The van der Waals surface area contributed by atoms with Gasteiger partial charge in [0.25, 0.3) is 0 Å². The van der Waals surface area contributed by atoms with Crippen molar-refractivity contribution in [2.24, 2.45) is 0 Å². The molecule has 0 aromatic heterocycles. The number of benzene rings is 1. The van der Waals surface area contributed by atoms with Crippen LogP contribution < -0.4 is 10.1 Å². The molecule has 0 amide bonds. The van der Waals surface area contributed by atoms with Gasteiger partial charge in [0, 0.05) is 12.1 Å². The summed E-state index contributed by atoms with van der Waals surface area (Å²) >= 11 is 0. The summed E-state index contributed by atoms with van der Waals surface area (Å²) in [5.41, 5.74) is 2.54. The fraction of sp³-hybridized carbons (Fsp3) is 0.385. The lowest BCUT2D eigenvalue weighted by molar-refractivity contribution is -0.0949. The van der Waals surface area contributed by atoms with Crippen LogP contribution in [0.4, 0.5) is 0 Å². The highest BCUT2D eigenvalue weighted by molar-refractivity contribution is 5.63. The summed E-state index contributed by atoms with van der Waals surface area (Å²) in [6.07, 6.45) is 5.12. The van der Waals surface area contributed by atoms with Crippen molar-refractivity contribution >= 4 is 6.08 Å². The highest BCUT2D eigenvalue weighted by Gasteiger charge is 2.18. The molecule has 1 atom stereocenters. The Morgan fingerprint density at radius 2 is 2.38 bits per heavy atom. The molecular formula is C13H15NO2. The van der Waals surface area contributed by atoms with Gasteiger partial charge in [-0.15, -0.1) is 0 Å². The maximum Gasteiger partial charge on any atom is 0.212 e. The third-order valence-electron chi connectivity index (χ3n) is 2.94. The molecular weight excluding hydrogens is 202 g/mol. The summed E-state index contributed by atoms with van der Waals surface area (Å²) in [4.78, 5) is 0. The molecule has 1 aromatic rings. The van der Waals surface area contributed by atoms with E-state index < -0.39 is 0 Å². The van der Waals surface area contributed by atoms with Gasteiger partial charge in [-0.25, -0.2) is 0 Å². The van der Waals surface area contributed by atoms with Crippen molar-refractivity contribution in [2.75, 3.05) is 19.7 Å². The Morgan fingerprint density at radius 1 is 1.38 bits per heavy atom. The molecule has 1 fully saturated rings. The van der Waals surface area contributed by atoms with Gasteiger partial charge < -0.3 is 14.8 Å². The van der Waals surface area contributed by atoms with Gasteiger partial charge in [-0.05, 0) is 18.1 Å². The van der Waals surface area contributed by atoms with Gasteiger partial charge in [0.2, 0.25) is 6.29 Å². The Labute approximate surface area is 95.1 Å². The van der Waals surface area contributed by atoms with Gasteiger partial charge in [-0.1, -0.05) is 24.3 Å². The Kier molecular flexibility index (Phi) is 2.64. The van der Waals surface area contributed by atoms with Crippen LogP contribution in [0.15, 0.2) is 24.3 Å². The minimum Gasteiger partial charge on any atom is -0.463 e. The molecule has 0 radical (unpaired) electrons. The van der Waals surface area contributed by atoms with Gasteiger partial charge in [0.05, 0.1) is 13.2 Å². The van der Waals surface area contributed by atoms with E-state index in [0.29, 0.717) is 0 Å². The number of fused-ring (bicyclic) bond motifs is 1. The van der Waals surface area contributed by atoms with Gasteiger partial charge in [0.1, 0.15) is 5.75 Å². The molecule has 1 saturated heterocycles. The average Bonchev–Trinajstić information content (AvgIpc) is 2.80. The van der Waals surface area contributed by atoms with Gasteiger partial charge in [-0.3, -0.25) is 0 Å². The first-order valence-electron chi connectivity index (χ1n) is 5.71. The Morgan fingerprint density at radius 3 is 3.25 bits per heavy atom. The minimum absolute atomic E-state index is 0.152. The SMILES string of the molecule is C1=Cc2cccc(OC3CNCCO3)c2C1. The summed E-state index contributed by atoms with van der Waals surface area (Å²) < 4.78 is 11.4. The van der Waals surface area contributed by atoms with Crippen LogP contribution in [0.3, 0.4) is 0 Å². The van der Waals surface area contributed by atoms with E-state index in [4.69, 9.17) is 9.47 Å². The average molecular weight is 217 g/mol. The topological polar surface area (TPSA) is 30.5 Å². The highest BCUT2D eigenvalue weighted by atomic mass is 16.7. The molecule has 0 bridgehead atoms. The molecule has 1 N–H and O–H groups in total. The van der Waals surface area contributed by atoms with Crippen LogP contribution in [0.2, 0.25) is 0 Å². The van der Waals surface area contributed by atoms with Crippen LogP contribution in [-0.2, 0) is 11.2 Å². The van der Waals surface area contributed by atoms with Crippen LogP contribution in [0, 0.1) is 0 Å². The summed E-state index contributed by atoms with van der Waals surface area (Å²) in [6, 6.07) is 6.16. The normalized spacial score (nSPS) is 23.1. The van der Waals surface area contributed by atoms with E-state index in [9.17, 15) is 0 Å². The number of rotatable bonds is 2. The van der Waals surface area contributed by atoms with E-state index in [1.807, 2.05) is 12.1 Å². The van der Waals surface area contributed by atoms with Gasteiger partial charge in [0.15, 0.2) is 0 Å². The lowest BCUT2D eigenvalue weighted by Gasteiger charge is -2.25. The van der Waals surface area contributed by atoms with E-state index in [-0.39, 0.29) is 6.29 Å². The van der Waals surface area contributed by atoms with Crippen LogP contribution in [-0.4, -0.2) is 26.0 Å². The largest absolute Gasteiger partial charge is 0.463 e. The molecule has 0 saturated carbocycles. The van der Waals surface area contributed by atoms with Crippen molar-refractivity contribution in [3.8, 4) is 5.75 Å². The fourth-order valence-corrected chi connectivity index (χ4v) is 2.13. The predicted molar refractivity (Wildman–Crippen MR) is 62.4 cm³/mol. The Hall–Kier alpha value is -1.32. The monoisotopic (exact) mass is 217 g/mol. The van der Waals surface area contributed by atoms with Crippen molar-refractivity contribution in [3.63, 3.8) is 0 Å². The number of allylic oxidation sites excluding steroid dienone is 1. The summed E-state index contributed by atoms with van der Waals surface area (Å²) in [5.74, 6) is 0.955. The van der Waals surface area contributed by atoms with Gasteiger partial charge >= 0.3 is 0 Å². The standard InChI is InChI=1S/C13H15NO2/c1-3-10-4-2-6-12(11(10)5-1)16-13-9-14-7-8-15-13/h1-4,6,13-14H,5,7-9H2. The van der Waals surface area contributed by atoms with Crippen molar-refractivity contribution in [2.45, 2.75) is 12.7 Å². The van der Waals surface area contributed by atoms with E-state index in [2.05, 4.69) is 23.5 Å². The smallest absolute Gasteiger partial charge is 0.212 e. The zero-order valence-corrected chi connectivity index (χ0v) is 9.11. The van der Waals surface area contributed by atoms with Crippen molar-refractivity contribution in [3.05, 3.63) is 35.4 Å². The molecule has 3 heteroatoms. The van der Waals surface area contributed by atoms with Crippen LogP contribution in [0.25, 0.3) is 6.08 Å². The first-order chi connectivity index (χ1) is 7.93. The van der Waals surface area contributed by atoms with E-state index >= 15 is 0 Å². The predicted octanol–water partition coefficient (Wildman–Crippen LogP) is 1.58. The number of nitrogens with one attached hydrogen (secondary N) is 1. The van der Waals surface area contributed by atoms with E-state index in [1.54, 1.807) is 0 Å². The molecule has 0 spiro atoms. The number of hydrogen-bond acceptors (Lipinski definition) is 3. The Balaban J connectivity index is 1.77. The zero-order chi connectivity index (χ0) is 10.8. The van der Waals surface area contributed by atoms with Crippen LogP contribution in [0.1, 0.15) is 11.1 Å².